The molecular weight excluding hydrogens is 258 g/mol. The van der Waals surface area contributed by atoms with Crippen LogP contribution in [0.4, 0.5) is 0 Å². The van der Waals surface area contributed by atoms with Crippen molar-refractivity contribution in [2.24, 2.45) is 0 Å². The SMILES string of the molecule is O=C(O)c1ccccc1CCN1C(=O)CCCCC1=O. The fourth-order valence-electron chi connectivity index (χ4n) is 2.39. The molecule has 1 heterocycles. The van der Waals surface area contributed by atoms with Gasteiger partial charge in [-0.3, -0.25) is 14.5 Å². The number of carboxylic acid groups (broad SMARTS) is 1. The lowest BCUT2D eigenvalue weighted by Crippen LogP contribution is -2.36. The Morgan fingerprint density at radius 2 is 1.70 bits per heavy atom. The van der Waals surface area contributed by atoms with Crippen LogP contribution >= 0.6 is 0 Å². The van der Waals surface area contributed by atoms with Crippen LogP contribution in [0.25, 0.3) is 0 Å². The number of likely N-dealkylation sites (tertiary alicyclic amines) is 1. The number of carboxylic acids is 1. The Labute approximate surface area is 117 Å². The molecule has 1 N–H and O–H groups in total. The second-order valence-corrected chi connectivity index (χ2v) is 4.86. The van der Waals surface area contributed by atoms with Gasteiger partial charge in [0.2, 0.25) is 11.8 Å². The van der Waals surface area contributed by atoms with Crippen molar-refractivity contribution < 1.29 is 19.5 Å². The van der Waals surface area contributed by atoms with Gasteiger partial charge in [-0.2, -0.15) is 0 Å². The van der Waals surface area contributed by atoms with E-state index in [0.717, 1.165) is 12.8 Å². The molecule has 1 aromatic carbocycles. The number of hydrogen-bond donors (Lipinski definition) is 1. The number of rotatable bonds is 4. The van der Waals surface area contributed by atoms with Gasteiger partial charge in [0.15, 0.2) is 0 Å². The van der Waals surface area contributed by atoms with Crippen LogP contribution in [0.1, 0.15) is 41.6 Å². The molecule has 0 spiro atoms. The fourth-order valence-corrected chi connectivity index (χ4v) is 2.39. The van der Waals surface area contributed by atoms with E-state index in [2.05, 4.69) is 0 Å². The molecular formula is C15H17NO4. The van der Waals surface area contributed by atoms with Crippen molar-refractivity contribution in [3.05, 3.63) is 35.4 Å². The molecule has 0 bridgehead atoms. The van der Waals surface area contributed by atoms with Crippen LogP contribution in [0, 0.1) is 0 Å². The second-order valence-electron chi connectivity index (χ2n) is 4.86. The minimum Gasteiger partial charge on any atom is -0.478 e. The van der Waals surface area contributed by atoms with Crippen molar-refractivity contribution in [2.45, 2.75) is 32.1 Å². The number of carbonyl (C=O) groups excluding carboxylic acids is 2. The van der Waals surface area contributed by atoms with Crippen molar-refractivity contribution in [3.63, 3.8) is 0 Å². The van der Waals surface area contributed by atoms with Crippen molar-refractivity contribution in [2.75, 3.05) is 6.54 Å². The fraction of sp³-hybridized carbons (Fsp3) is 0.400. The molecule has 5 nitrogen and oxygen atoms in total. The Hall–Kier alpha value is -2.17. The molecule has 20 heavy (non-hydrogen) atoms. The first-order chi connectivity index (χ1) is 9.59. The molecule has 0 unspecified atom stereocenters. The average Bonchev–Trinajstić information content (AvgIpc) is 2.58. The van der Waals surface area contributed by atoms with Gasteiger partial charge in [0.1, 0.15) is 0 Å². The second kappa shape index (κ2) is 6.32. The van der Waals surface area contributed by atoms with E-state index in [-0.39, 0.29) is 23.9 Å². The molecule has 1 saturated heterocycles. The van der Waals surface area contributed by atoms with E-state index in [1.165, 1.54) is 11.0 Å². The van der Waals surface area contributed by atoms with Crippen molar-refractivity contribution in [3.8, 4) is 0 Å². The molecule has 2 rings (SSSR count). The minimum atomic E-state index is -0.992. The van der Waals surface area contributed by atoms with Crippen LogP contribution in [0.2, 0.25) is 0 Å². The molecule has 0 atom stereocenters. The predicted molar refractivity (Wildman–Crippen MR) is 72.3 cm³/mol. The molecule has 1 aliphatic heterocycles. The number of benzene rings is 1. The van der Waals surface area contributed by atoms with Gasteiger partial charge in [0.05, 0.1) is 5.56 Å². The summed E-state index contributed by atoms with van der Waals surface area (Å²) in [6.45, 7) is 0.252. The van der Waals surface area contributed by atoms with Crippen molar-refractivity contribution in [1.29, 1.82) is 0 Å². The van der Waals surface area contributed by atoms with Gasteiger partial charge in [-0.1, -0.05) is 18.2 Å². The molecule has 106 valence electrons. The van der Waals surface area contributed by atoms with Gasteiger partial charge >= 0.3 is 5.97 Å². The van der Waals surface area contributed by atoms with Gasteiger partial charge in [-0.15, -0.1) is 0 Å². The zero-order valence-electron chi connectivity index (χ0n) is 11.2. The van der Waals surface area contributed by atoms with E-state index >= 15 is 0 Å². The summed E-state index contributed by atoms with van der Waals surface area (Å²) in [6, 6.07) is 6.67. The first-order valence-electron chi connectivity index (χ1n) is 6.74. The highest BCUT2D eigenvalue weighted by molar-refractivity contribution is 5.96. The largest absolute Gasteiger partial charge is 0.478 e. The highest BCUT2D eigenvalue weighted by Gasteiger charge is 2.24. The molecule has 0 aliphatic carbocycles. The maximum absolute atomic E-state index is 11.9. The van der Waals surface area contributed by atoms with Gasteiger partial charge in [-0.25, -0.2) is 4.79 Å². The van der Waals surface area contributed by atoms with Crippen molar-refractivity contribution >= 4 is 17.8 Å². The molecule has 5 heteroatoms. The zero-order valence-corrected chi connectivity index (χ0v) is 11.2. The summed E-state index contributed by atoms with van der Waals surface area (Å²) in [5, 5.41) is 9.10. The summed E-state index contributed by atoms with van der Waals surface area (Å²) < 4.78 is 0. The third-order valence-electron chi connectivity index (χ3n) is 3.49. The Balaban J connectivity index is 2.09. The van der Waals surface area contributed by atoms with E-state index in [1.54, 1.807) is 18.2 Å². The van der Waals surface area contributed by atoms with Gasteiger partial charge < -0.3 is 5.11 Å². The number of carbonyl (C=O) groups is 3. The smallest absolute Gasteiger partial charge is 0.335 e. The maximum atomic E-state index is 11.9. The standard InChI is InChI=1S/C15H17NO4/c17-13-7-3-4-8-14(18)16(13)10-9-11-5-1-2-6-12(11)15(19)20/h1-2,5-6H,3-4,7-10H2,(H,19,20). The van der Waals surface area contributed by atoms with Gasteiger partial charge in [0, 0.05) is 19.4 Å². The number of imide groups is 1. The first-order valence-corrected chi connectivity index (χ1v) is 6.74. The first kappa shape index (κ1) is 14.2. The molecule has 1 aliphatic rings. The summed E-state index contributed by atoms with van der Waals surface area (Å²) in [7, 11) is 0. The monoisotopic (exact) mass is 275 g/mol. The summed E-state index contributed by atoms with van der Waals surface area (Å²) in [6.07, 6.45) is 2.65. The van der Waals surface area contributed by atoms with Crippen LogP contribution in [0.3, 0.4) is 0 Å². The zero-order chi connectivity index (χ0) is 14.5. The van der Waals surface area contributed by atoms with E-state index in [0.29, 0.717) is 24.8 Å². The molecule has 0 saturated carbocycles. The van der Waals surface area contributed by atoms with Crippen molar-refractivity contribution in [1.82, 2.24) is 4.90 Å². The molecule has 0 radical (unpaired) electrons. The molecule has 2 amide bonds. The van der Waals surface area contributed by atoms with Crippen LogP contribution in [0.15, 0.2) is 24.3 Å². The highest BCUT2D eigenvalue weighted by atomic mass is 16.4. The lowest BCUT2D eigenvalue weighted by atomic mass is 10.0. The molecule has 1 fully saturated rings. The van der Waals surface area contributed by atoms with Crippen LogP contribution in [0.5, 0.6) is 0 Å². The minimum absolute atomic E-state index is 0.152. The lowest BCUT2D eigenvalue weighted by molar-refractivity contribution is -0.143. The summed E-state index contributed by atoms with van der Waals surface area (Å²) >= 11 is 0. The summed E-state index contributed by atoms with van der Waals surface area (Å²) in [5.74, 6) is -1.30. The van der Waals surface area contributed by atoms with Gasteiger partial charge in [-0.05, 0) is 30.9 Å². The number of nitrogens with zero attached hydrogens (tertiary/aromatic N) is 1. The highest BCUT2D eigenvalue weighted by Crippen LogP contribution is 2.15. The number of hydrogen-bond acceptors (Lipinski definition) is 3. The van der Waals surface area contributed by atoms with Crippen LogP contribution in [-0.2, 0) is 16.0 Å². The number of amides is 2. The third kappa shape index (κ3) is 3.23. The Kier molecular flexibility index (Phi) is 4.50. The maximum Gasteiger partial charge on any atom is 0.335 e. The Morgan fingerprint density at radius 1 is 1.10 bits per heavy atom. The summed E-state index contributed by atoms with van der Waals surface area (Å²) in [5.41, 5.74) is 0.868. The van der Waals surface area contributed by atoms with E-state index in [9.17, 15) is 14.4 Å². The average molecular weight is 275 g/mol. The molecule has 0 aromatic heterocycles. The van der Waals surface area contributed by atoms with Crippen LogP contribution < -0.4 is 0 Å². The topological polar surface area (TPSA) is 74.7 Å². The Bertz CT molecular complexity index is 520. The number of aromatic carboxylic acids is 1. The predicted octanol–water partition coefficient (Wildman–Crippen LogP) is 1.86. The van der Waals surface area contributed by atoms with E-state index < -0.39 is 5.97 Å². The Morgan fingerprint density at radius 3 is 2.30 bits per heavy atom. The molecule has 1 aromatic rings. The van der Waals surface area contributed by atoms with E-state index in [4.69, 9.17) is 5.11 Å². The summed E-state index contributed by atoms with van der Waals surface area (Å²) in [4.78, 5) is 36.1. The van der Waals surface area contributed by atoms with Gasteiger partial charge in [0.25, 0.3) is 0 Å². The quantitative estimate of drug-likeness (QED) is 0.851. The van der Waals surface area contributed by atoms with E-state index in [1.807, 2.05) is 0 Å². The third-order valence-corrected chi connectivity index (χ3v) is 3.49. The lowest BCUT2D eigenvalue weighted by Gasteiger charge is -2.19. The van der Waals surface area contributed by atoms with Crippen LogP contribution in [-0.4, -0.2) is 34.3 Å². The normalized spacial score (nSPS) is 16.1.